The highest BCUT2D eigenvalue weighted by molar-refractivity contribution is 7.89. The number of hydrogen-bond donors (Lipinski definition) is 0. The summed E-state index contributed by atoms with van der Waals surface area (Å²) in [4.78, 5) is 34.9. The maximum atomic E-state index is 15.3. The summed E-state index contributed by atoms with van der Waals surface area (Å²) in [5, 5.41) is 0. The molecule has 1 aliphatic rings. The van der Waals surface area contributed by atoms with Gasteiger partial charge in [-0.1, -0.05) is 6.07 Å². The van der Waals surface area contributed by atoms with Gasteiger partial charge in [0.25, 0.3) is 0 Å². The minimum atomic E-state index is -4.32. The minimum Gasteiger partial charge on any atom is -0.443 e. The fourth-order valence-corrected chi connectivity index (χ4v) is 5.36. The molecule has 2 heterocycles. The third kappa shape index (κ3) is 7.66. The third-order valence-corrected chi connectivity index (χ3v) is 7.62. The Morgan fingerprint density at radius 2 is 1.60 bits per heavy atom. The first-order chi connectivity index (χ1) is 19.1. The van der Waals surface area contributed by atoms with Gasteiger partial charge in [-0.2, -0.15) is 0 Å². The summed E-state index contributed by atoms with van der Waals surface area (Å²) in [6.07, 6.45) is -0.699. The molecule has 0 saturated carbocycles. The fraction of sp³-hybridized carbons (Fsp3) is 0.429. The summed E-state index contributed by atoms with van der Waals surface area (Å²) in [7, 11) is -3.24. The number of sulfonamides is 1. The van der Waals surface area contributed by atoms with E-state index in [4.69, 9.17) is 9.47 Å². The molecule has 1 atom stereocenters. The molecule has 2 aromatic rings. The van der Waals surface area contributed by atoms with Crippen LogP contribution in [0.2, 0.25) is 0 Å². The molecule has 0 radical (unpaired) electrons. The average molecular weight is 611 g/mol. The van der Waals surface area contributed by atoms with Gasteiger partial charge in [-0.25, -0.2) is 40.5 Å². The lowest BCUT2D eigenvalue weighted by molar-refractivity contribution is 0.0133. The van der Waals surface area contributed by atoms with Gasteiger partial charge in [0.05, 0.1) is 17.6 Å². The number of guanidine groups is 1. The van der Waals surface area contributed by atoms with Crippen molar-refractivity contribution in [2.24, 2.45) is 4.99 Å². The smallest absolute Gasteiger partial charge is 0.427 e. The van der Waals surface area contributed by atoms with Crippen molar-refractivity contribution in [2.45, 2.75) is 65.2 Å². The van der Waals surface area contributed by atoms with E-state index in [0.717, 1.165) is 37.5 Å². The molecule has 2 amide bonds. The minimum absolute atomic E-state index is 0.112. The molecule has 42 heavy (non-hydrogen) atoms. The molecule has 0 saturated heterocycles. The quantitative estimate of drug-likeness (QED) is 0.428. The number of hydrogen-bond acceptors (Lipinski definition) is 8. The van der Waals surface area contributed by atoms with Crippen LogP contribution >= 0.6 is 0 Å². The second kappa shape index (κ2) is 11.4. The Labute approximate surface area is 242 Å². The first kappa shape index (κ1) is 32.6. The van der Waals surface area contributed by atoms with Crippen LogP contribution in [0.1, 0.15) is 65.3 Å². The van der Waals surface area contributed by atoms with Crippen LogP contribution in [0.3, 0.4) is 0 Å². The van der Waals surface area contributed by atoms with Crippen LogP contribution in [0.25, 0.3) is 11.9 Å². The van der Waals surface area contributed by atoms with Crippen LogP contribution in [-0.2, 0) is 25.0 Å². The monoisotopic (exact) mass is 610 g/mol. The summed E-state index contributed by atoms with van der Waals surface area (Å²) >= 11 is 0. The molecule has 1 aliphatic heterocycles. The van der Waals surface area contributed by atoms with Crippen molar-refractivity contribution in [1.29, 1.82) is 0 Å². The number of nitrogens with zero attached hydrogens (tertiary/aromatic N) is 4. The Bertz CT molecular complexity index is 1520. The lowest BCUT2D eigenvalue weighted by atomic mass is 9.92. The second-order valence-electron chi connectivity index (χ2n) is 11.8. The van der Waals surface area contributed by atoms with Gasteiger partial charge < -0.3 is 9.47 Å². The van der Waals surface area contributed by atoms with Crippen LogP contribution in [0.15, 0.2) is 41.5 Å². The van der Waals surface area contributed by atoms with Crippen molar-refractivity contribution >= 4 is 40.1 Å². The van der Waals surface area contributed by atoms with E-state index in [1.54, 1.807) is 41.5 Å². The van der Waals surface area contributed by atoms with E-state index in [9.17, 15) is 26.8 Å². The largest absolute Gasteiger partial charge is 0.443 e. The van der Waals surface area contributed by atoms with Gasteiger partial charge >= 0.3 is 12.2 Å². The molecular formula is C28H33F3N4O6S. The molecule has 0 bridgehead atoms. The third-order valence-electron chi connectivity index (χ3n) is 5.70. The van der Waals surface area contributed by atoms with Gasteiger partial charge in [-0.15, -0.1) is 4.90 Å². The van der Waals surface area contributed by atoms with Gasteiger partial charge in [-0.05, 0) is 84.4 Å². The first-order valence-corrected chi connectivity index (χ1v) is 14.3. The summed E-state index contributed by atoms with van der Waals surface area (Å²) in [5.74, 6) is -3.85. The highest BCUT2D eigenvalue weighted by Crippen LogP contribution is 2.36. The molecule has 0 N–H and O–H groups in total. The molecule has 0 spiro atoms. The van der Waals surface area contributed by atoms with Crippen LogP contribution in [-0.4, -0.2) is 64.8 Å². The Balaban J connectivity index is 2.19. The lowest BCUT2D eigenvalue weighted by Gasteiger charge is -2.39. The van der Waals surface area contributed by atoms with Crippen molar-refractivity contribution in [2.75, 3.05) is 12.8 Å². The molecule has 1 aromatic heterocycles. The maximum Gasteiger partial charge on any atom is 0.427 e. The van der Waals surface area contributed by atoms with Gasteiger partial charge in [-0.3, -0.25) is 4.98 Å². The summed E-state index contributed by atoms with van der Waals surface area (Å²) in [5.41, 5.74) is -4.42. The Morgan fingerprint density at radius 1 is 1.02 bits per heavy atom. The van der Waals surface area contributed by atoms with Crippen molar-refractivity contribution in [3.8, 4) is 0 Å². The zero-order valence-electron chi connectivity index (χ0n) is 24.5. The number of pyridine rings is 1. The van der Waals surface area contributed by atoms with E-state index >= 15 is 4.39 Å². The van der Waals surface area contributed by atoms with Crippen LogP contribution in [0.4, 0.5) is 22.8 Å². The predicted molar refractivity (Wildman–Crippen MR) is 150 cm³/mol. The van der Waals surface area contributed by atoms with Gasteiger partial charge in [0.2, 0.25) is 16.0 Å². The maximum absolute atomic E-state index is 15.3. The van der Waals surface area contributed by atoms with Gasteiger partial charge in [0.15, 0.2) is 0 Å². The average Bonchev–Trinajstić information content (AvgIpc) is 2.81. The summed E-state index contributed by atoms with van der Waals surface area (Å²) in [6, 6.07) is 5.57. The van der Waals surface area contributed by atoms with Crippen molar-refractivity contribution in [1.82, 2.24) is 14.2 Å². The van der Waals surface area contributed by atoms with E-state index in [0.29, 0.717) is 9.21 Å². The van der Waals surface area contributed by atoms with E-state index in [1.807, 2.05) is 0 Å². The van der Waals surface area contributed by atoms with E-state index in [2.05, 4.69) is 9.98 Å². The number of amides is 2. The Hall–Kier alpha value is -3.94. The number of carbonyl (C=O) groups is 2. The first-order valence-electron chi connectivity index (χ1n) is 12.7. The van der Waals surface area contributed by atoms with E-state index in [1.165, 1.54) is 19.1 Å². The Morgan fingerprint density at radius 3 is 2.10 bits per heavy atom. The fourth-order valence-electron chi connectivity index (χ4n) is 3.86. The number of carbonyl (C=O) groups excluding carboxylic acids is 2. The van der Waals surface area contributed by atoms with Crippen molar-refractivity contribution in [3.63, 3.8) is 0 Å². The molecule has 0 aliphatic carbocycles. The number of ether oxygens (including phenoxy) is 2. The van der Waals surface area contributed by atoms with E-state index in [-0.39, 0.29) is 16.8 Å². The molecule has 0 unspecified atom stereocenters. The normalized spacial score (nSPS) is 19.2. The predicted octanol–water partition coefficient (Wildman–Crippen LogP) is 5.85. The van der Waals surface area contributed by atoms with Crippen molar-refractivity contribution < 1.29 is 40.7 Å². The summed E-state index contributed by atoms with van der Waals surface area (Å²) in [6.45, 7) is 10.5. The molecular weight excluding hydrogens is 577 g/mol. The van der Waals surface area contributed by atoms with Gasteiger partial charge in [0.1, 0.15) is 34.2 Å². The second-order valence-corrected chi connectivity index (χ2v) is 13.8. The van der Waals surface area contributed by atoms with Crippen LogP contribution in [0.5, 0.6) is 0 Å². The number of halogens is 3. The zero-order valence-corrected chi connectivity index (χ0v) is 25.3. The van der Waals surface area contributed by atoms with Crippen LogP contribution in [0, 0.1) is 11.6 Å². The van der Waals surface area contributed by atoms with Crippen LogP contribution < -0.4 is 0 Å². The zero-order chi connectivity index (χ0) is 31.8. The molecule has 3 rings (SSSR count). The number of benzene rings is 1. The number of aliphatic imine (C=N–C) groups is 1. The molecule has 10 nitrogen and oxygen atoms in total. The molecule has 228 valence electrons. The van der Waals surface area contributed by atoms with Gasteiger partial charge in [0, 0.05) is 12.6 Å². The Kier molecular flexibility index (Phi) is 8.83. The molecule has 0 fully saturated rings. The topological polar surface area (TPSA) is 118 Å². The lowest BCUT2D eigenvalue weighted by Crippen LogP contribution is -2.58. The number of imide groups is 1. The number of aromatic nitrogens is 1. The molecule has 1 aromatic carbocycles. The van der Waals surface area contributed by atoms with E-state index < -0.39 is 68.1 Å². The standard InChI is InChI=1S/C28H33F3N4O6S/c1-26(2,3)40-24(36)35(25(37)41-27(4,5)6)23-33-28(7,16-42(38,39)34(23)8)19-13-17(9-11-20(19)30)14-21(31)22-12-10-18(29)15-32-22/h9-15H,16H2,1-8H3/b21-14-/t28-/m0/s1. The number of rotatable bonds is 3. The highest BCUT2D eigenvalue weighted by Gasteiger charge is 2.48. The molecule has 14 heteroatoms. The SMILES string of the molecule is CN1C(N(C(=O)OC(C)(C)C)C(=O)OC(C)(C)C)=N[C@](C)(c2cc(/C=C(\F)c3ccc(F)cn3)ccc2F)CS1(=O)=O. The summed E-state index contributed by atoms with van der Waals surface area (Å²) < 4.78 is 81.4. The highest BCUT2D eigenvalue weighted by atomic mass is 32.2. The van der Waals surface area contributed by atoms with Crippen molar-refractivity contribution in [3.05, 3.63) is 65.0 Å².